The molecule has 1 saturated heterocycles. The molecule has 1 rings (SSSR count). The number of nitrogens with zero attached hydrogens (tertiary/aromatic N) is 1. The van der Waals surface area contributed by atoms with Crippen molar-refractivity contribution in [2.75, 3.05) is 13.2 Å². The Bertz CT molecular complexity index is 302. The van der Waals surface area contributed by atoms with E-state index in [2.05, 4.69) is 0 Å². The molecule has 20 heavy (non-hydrogen) atoms. The van der Waals surface area contributed by atoms with Gasteiger partial charge in [-0.25, -0.2) is 0 Å². The Labute approximate surface area is 122 Å². The zero-order valence-electron chi connectivity index (χ0n) is 13.7. The predicted molar refractivity (Wildman–Crippen MR) is 79.1 cm³/mol. The molecule has 0 saturated carbocycles. The number of rotatable bonds is 5. The molecule has 0 radical (unpaired) electrons. The van der Waals surface area contributed by atoms with Gasteiger partial charge in [0.15, 0.2) is 0 Å². The molecule has 118 valence electrons. The number of imide groups is 1. The van der Waals surface area contributed by atoms with E-state index in [0.29, 0.717) is 25.8 Å². The van der Waals surface area contributed by atoms with Crippen LogP contribution in [0.5, 0.6) is 0 Å². The summed E-state index contributed by atoms with van der Waals surface area (Å²) in [5.41, 5.74) is 0. The number of esters is 1. The highest BCUT2D eigenvalue weighted by molar-refractivity contribution is 6.03. The first kappa shape index (κ1) is 20.9. The van der Waals surface area contributed by atoms with Crippen molar-refractivity contribution >= 4 is 17.8 Å². The summed E-state index contributed by atoms with van der Waals surface area (Å²) in [4.78, 5) is 34.9. The number of amides is 2. The Hall–Kier alpha value is -1.39. The van der Waals surface area contributed by atoms with Gasteiger partial charge in [0.2, 0.25) is 11.8 Å². The molecule has 5 heteroatoms. The van der Waals surface area contributed by atoms with Crippen molar-refractivity contribution in [3.05, 3.63) is 0 Å². The summed E-state index contributed by atoms with van der Waals surface area (Å²) < 4.78 is 4.74. The molecule has 0 aromatic carbocycles. The van der Waals surface area contributed by atoms with Crippen LogP contribution in [0, 0.1) is 5.92 Å². The lowest BCUT2D eigenvalue weighted by Gasteiger charge is -2.14. The Morgan fingerprint density at radius 3 is 2.20 bits per heavy atom. The monoisotopic (exact) mass is 287 g/mol. The normalized spacial score (nSPS) is 16.9. The molecular weight excluding hydrogens is 258 g/mol. The number of carbonyl (C=O) groups excluding carboxylic acids is 3. The second kappa shape index (κ2) is 12.6. The number of likely N-dealkylation sites (tertiary alicyclic amines) is 1. The van der Waals surface area contributed by atoms with Crippen LogP contribution in [-0.2, 0) is 19.1 Å². The molecule has 1 aliphatic rings. The lowest BCUT2D eigenvalue weighted by molar-refractivity contribution is -0.141. The van der Waals surface area contributed by atoms with Crippen LogP contribution in [0.3, 0.4) is 0 Å². The summed E-state index contributed by atoms with van der Waals surface area (Å²) >= 11 is 0. The van der Waals surface area contributed by atoms with E-state index in [9.17, 15) is 14.4 Å². The first-order valence-corrected chi connectivity index (χ1v) is 7.53. The minimum atomic E-state index is -0.342. The molecule has 0 aromatic rings. The number of hydrogen-bond acceptors (Lipinski definition) is 4. The minimum Gasteiger partial charge on any atom is -0.466 e. The van der Waals surface area contributed by atoms with Crippen molar-refractivity contribution in [2.24, 2.45) is 5.92 Å². The molecule has 2 amide bonds. The van der Waals surface area contributed by atoms with Gasteiger partial charge in [-0.15, -0.1) is 0 Å². The van der Waals surface area contributed by atoms with E-state index in [-0.39, 0.29) is 30.3 Å². The Morgan fingerprint density at radius 1 is 1.25 bits per heavy atom. The van der Waals surface area contributed by atoms with Crippen LogP contribution in [0.4, 0.5) is 0 Å². The highest BCUT2D eigenvalue weighted by atomic mass is 16.5. The molecule has 0 spiro atoms. The van der Waals surface area contributed by atoms with E-state index in [0.717, 1.165) is 0 Å². The fourth-order valence-electron chi connectivity index (χ4n) is 1.74. The maximum Gasteiger partial charge on any atom is 0.302 e. The summed E-state index contributed by atoms with van der Waals surface area (Å²) in [5, 5.41) is 0. The van der Waals surface area contributed by atoms with Crippen LogP contribution in [0.15, 0.2) is 0 Å². The van der Waals surface area contributed by atoms with Gasteiger partial charge in [0.1, 0.15) is 0 Å². The first-order valence-electron chi connectivity index (χ1n) is 7.53. The molecular formula is C15H29NO4. The van der Waals surface area contributed by atoms with Gasteiger partial charge in [0, 0.05) is 25.8 Å². The Balaban J connectivity index is 0. The van der Waals surface area contributed by atoms with Crippen molar-refractivity contribution < 1.29 is 19.1 Å². The fourth-order valence-corrected chi connectivity index (χ4v) is 1.74. The van der Waals surface area contributed by atoms with Gasteiger partial charge >= 0.3 is 5.97 Å². The lowest BCUT2D eigenvalue weighted by Crippen LogP contribution is -2.32. The van der Waals surface area contributed by atoms with E-state index in [1.807, 2.05) is 34.6 Å². The molecule has 0 aliphatic carbocycles. The van der Waals surface area contributed by atoms with Crippen LogP contribution in [0.1, 0.15) is 60.8 Å². The molecule has 0 aromatic heterocycles. The summed E-state index contributed by atoms with van der Waals surface area (Å²) in [6.07, 6.45) is 1.53. The summed E-state index contributed by atoms with van der Waals surface area (Å²) in [6.45, 7) is 11.8. The second-order valence-electron chi connectivity index (χ2n) is 3.89. The van der Waals surface area contributed by atoms with E-state index in [1.54, 1.807) is 0 Å². The third-order valence-corrected chi connectivity index (χ3v) is 2.66. The van der Waals surface area contributed by atoms with Gasteiger partial charge in [0.05, 0.1) is 6.61 Å². The van der Waals surface area contributed by atoms with Gasteiger partial charge in [-0.05, 0) is 12.8 Å². The topological polar surface area (TPSA) is 63.7 Å². The van der Waals surface area contributed by atoms with Gasteiger partial charge in [0.25, 0.3) is 0 Å². The fraction of sp³-hybridized carbons (Fsp3) is 0.800. The molecule has 5 nitrogen and oxygen atoms in total. The van der Waals surface area contributed by atoms with Crippen molar-refractivity contribution in [1.29, 1.82) is 0 Å². The third-order valence-electron chi connectivity index (χ3n) is 2.66. The molecule has 1 unspecified atom stereocenters. The molecule has 0 N–H and O–H groups in total. The average molecular weight is 287 g/mol. The van der Waals surface area contributed by atoms with Gasteiger partial charge < -0.3 is 4.74 Å². The average Bonchev–Trinajstić information content (AvgIpc) is 2.74. The SMILES string of the molecule is CC.CC.CCC1CC(=O)N(CCCOC(C)=O)C1=O. The van der Waals surface area contributed by atoms with Crippen LogP contribution < -0.4 is 0 Å². The largest absolute Gasteiger partial charge is 0.466 e. The van der Waals surface area contributed by atoms with Crippen molar-refractivity contribution in [3.8, 4) is 0 Å². The van der Waals surface area contributed by atoms with Crippen LogP contribution >= 0.6 is 0 Å². The van der Waals surface area contributed by atoms with E-state index in [4.69, 9.17) is 4.74 Å². The van der Waals surface area contributed by atoms with Crippen LogP contribution in [0.2, 0.25) is 0 Å². The standard InChI is InChI=1S/C11H17NO4.2C2H6/c1-3-9-7-10(14)12(11(9)15)5-4-6-16-8(2)13;2*1-2/h9H,3-7H2,1-2H3;2*1-2H3. The van der Waals surface area contributed by atoms with Crippen LogP contribution in [-0.4, -0.2) is 35.8 Å². The highest BCUT2D eigenvalue weighted by Gasteiger charge is 2.36. The molecule has 1 atom stereocenters. The zero-order chi connectivity index (χ0) is 16.1. The maximum atomic E-state index is 11.7. The third kappa shape index (κ3) is 7.26. The second-order valence-corrected chi connectivity index (χ2v) is 3.89. The van der Waals surface area contributed by atoms with Crippen molar-refractivity contribution in [3.63, 3.8) is 0 Å². The number of hydrogen-bond donors (Lipinski definition) is 0. The Morgan fingerprint density at radius 2 is 1.80 bits per heavy atom. The molecule has 1 fully saturated rings. The molecule has 1 aliphatic heterocycles. The Kier molecular flexibility index (Phi) is 13.2. The van der Waals surface area contributed by atoms with Crippen LogP contribution in [0.25, 0.3) is 0 Å². The van der Waals surface area contributed by atoms with E-state index < -0.39 is 0 Å². The molecule has 0 bridgehead atoms. The van der Waals surface area contributed by atoms with Gasteiger partial charge in [-0.1, -0.05) is 34.6 Å². The van der Waals surface area contributed by atoms with E-state index >= 15 is 0 Å². The smallest absolute Gasteiger partial charge is 0.302 e. The van der Waals surface area contributed by atoms with Gasteiger partial charge in [-0.3, -0.25) is 19.3 Å². The molecule has 1 heterocycles. The van der Waals surface area contributed by atoms with Crippen molar-refractivity contribution in [1.82, 2.24) is 4.90 Å². The summed E-state index contributed by atoms with van der Waals surface area (Å²) in [6, 6.07) is 0. The lowest BCUT2D eigenvalue weighted by atomic mass is 10.1. The number of carbonyl (C=O) groups is 3. The zero-order valence-corrected chi connectivity index (χ0v) is 13.7. The van der Waals surface area contributed by atoms with Gasteiger partial charge in [-0.2, -0.15) is 0 Å². The quantitative estimate of drug-likeness (QED) is 0.443. The summed E-state index contributed by atoms with van der Waals surface area (Å²) in [5.74, 6) is -0.693. The number of ether oxygens (including phenoxy) is 1. The maximum absolute atomic E-state index is 11.7. The highest BCUT2D eigenvalue weighted by Crippen LogP contribution is 2.22. The van der Waals surface area contributed by atoms with Crippen molar-refractivity contribution in [2.45, 2.75) is 60.8 Å². The first-order chi connectivity index (χ1) is 9.56. The van der Waals surface area contributed by atoms with E-state index in [1.165, 1.54) is 11.8 Å². The predicted octanol–water partition coefficient (Wildman–Crippen LogP) is 2.78. The summed E-state index contributed by atoms with van der Waals surface area (Å²) in [7, 11) is 0. The minimum absolute atomic E-state index is 0.0877.